The van der Waals surface area contributed by atoms with E-state index in [1.807, 2.05) is 0 Å². The Kier molecular flexibility index (Phi) is 5.64. The van der Waals surface area contributed by atoms with Crippen molar-refractivity contribution in [2.45, 2.75) is 43.4 Å². The van der Waals surface area contributed by atoms with Crippen LogP contribution in [0.25, 0.3) is 0 Å². The molecule has 0 bridgehead atoms. The predicted molar refractivity (Wildman–Crippen MR) is 81.7 cm³/mol. The lowest BCUT2D eigenvalue weighted by molar-refractivity contribution is -0.179. The fourth-order valence-corrected chi connectivity index (χ4v) is 6.70. The van der Waals surface area contributed by atoms with Gasteiger partial charge in [-0.3, -0.25) is 0 Å². The summed E-state index contributed by atoms with van der Waals surface area (Å²) in [6, 6.07) is 0. The average molecular weight is 322 g/mol. The molecule has 5 heteroatoms. The van der Waals surface area contributed by atoms with Crippen molar-refractivity contribution < 1.29 is 13.2 Å². The lowest BCUT2D eigenvalue weighted by atomic mass is 9.83. The molecule has 0 aromatic rings. The van der Waals surface area contributed by atoms with Gasteiger partial charge in [-0.25, -0.2) is 0 Å². The summed E-state index contributed by atoms with van der Waals surface area (Å²) in [6.07, 6.45) is 5.85. The van der Waals surface area contributed by atoms with Gasteiger partial charge in [0, 0.05) is 5.92 Å². The number of thioether (sulfide) groups is 2. The molecule has 2 aliphatic rings. The Balaban J connectivity index is 1.79. The van der Waals surface area contributed by atoms with E-state index in [1.54, 1.807) is 23.5 Å². The molecule has 0 amide bonds. The molecule has 0 aromatic heterocycles. The Morgan fingerprint density at radius 2 is 1.65 bits per heavy atom. The van der Waals surface area contributed by atoms with Crippen molar-refractivity contribution >= 4 is 23.5 Å². The third-order valence-corrected chi connectivity index (χ3v) is 8.05. The minimum Gasteiger partial charge on any atom is -0.171 e. The molecule has 114 valence electrons. The molecule has 1 aliphatic carbocycles. The first-order chi connectivity index (χ1) is 9.41. The van der Waals surface area contributed by atoms with Crippen molar-refractivity contribution in [1.29, 1.82) is 0 Å². The zero-order valence-corrected chi connectivity index (χ0v) is 13.3. The lowest BCUT2D eigenvalue weighted by Gasteiger charge is -2.38. The molecule has 0 N–H and O–H groups in total. The Morgan fingerprint density at radius 1 is 1.10 bits per heavy atom. The average Bonchev–Trinajstić information content (AvgIpc) is 2.46. The second kappa shape index (κ2) is 6.87. The molecule has 0 radical (unpaired) electrons. The molecular weight excluding hydrogens is 301 g/mol. The van der Waals surface area contributed by atoms with E-state index in [0.717, 1.165) is 25.7 Å². The van der Waals surface area contributed by atoms with Gasteiger partial charge in [-0.05, 0) is 49.0 Å². The van der Waals surface area contributed by atoms with Crippen LogP contribution in [0.5, 0.6) is 0 Å². The van der Waals surface area contributed by atoms with Gasteiger partial charge < -0.3 is 0 Å². The zero-order chi connectivity index (χ0) is 14.8. The van der Waals surface area contributed by atoms with Gasteiger partial charge in [0.05, 0.1) is 10.5 Å². The van der Waals surface area contributed by atoms with Crippen molar-refractivity contribution in [3.63, 3.8) is 0 Å². The van der Waals surface area contributed by atoms with E-state index in [9.17, 15) is 13.2 Å². The molecule has 1 unspecified atom stereocenters. The third kappa shape index (κ3) is 4.04. The van der Waals surface area contributed by atoms with E-state index >= 15 is 0 Å². The molecule has 2 fully saturated rings. The first kappa shape index (κ1) is 16.4. The quantitative estimate of drug-likeness (QED) is 0.653. The van der Waals surface area contributed by atoms with Crippen LogP contribution in [-0.4, -0.2) is 22.3 Å². The maximum Gasteiger partial charge on any atom is 0.391 e. The lowest BCUT2D eigenvalue weighted by Crippen LogP contribution is -2.35. The van der Waals surface area contributed by atoms with Crippen LogP contribution in [0.4, 0.5) is 13.2 Å². The molecular formula is C15H21F3S2. The summed E-state index contributed by atoms with van der Waals surface area (Å²) in [5.74, 6) is 3.76. The second-order valence-electron chi connectivity index (χ2n) is 5.90. The van der Waals surface area contributed by atoms with Crippen molar-refractivity contribution in [3.05, 3.63) is 0 Å². The van der Waals surface area contributed by atoms with Gasteiger partial charge >= 0.3 is 6.18 Å². The monoisotopic (exact) mass is 322 g/mol. The van der Waals surface area contributed by atoms with Crippen molar-refractivity contribution in [3.8, 4) is 12.3 Å². The summed E-state index contributed by atoms with van der Waals surface area (Å²) < 4.78 is 38.7. The molecule has 0 aromatic carbocycles. The topological polar surface area (TPSA) is 0 Å². The molecule has 1 atom stereocenters. The van der Waals surface area contributed by atoms with E-state index in [2.05, 4.69) is 5.92 Å². The van der Waals surface area contributed by atoms with Crippen LogP contribution in [0.1, 0.15) is 32.6 Å². The van der Waals surface area contributed by atoms with Crippen LogP contribution in [0, 0.1) is 36.0 Å². The van der Waals surface area contributed by atoms with E-state index in [0.29, 0.717) is 27.9 Å². The van der Waals surface area contributed by atoms with Crippen LogP contribution in [0.15, 0.2) is 0 Å². The highest BCUT2D eigenvalue weighted by Gasteiger charge is 2.43. The predicted octanol–water partition coefficient (Wildman–Crippen LogP) is 5.05. The van der Waals surface area contributed by atoms with Gasteiger partial charge in [-0.1, -0.05) is 6.92 Å². The largest absolute Gasteiger partial charge is 0.391 e. The highest BCUT2D eigenvalue weighted by atomic mass is 32.2. The molecule has 1 saturated heterocycles. The Morgan fingerprint density at radius 3 is 2.10 bits per heavy atom. The van der Waals surface area contributed by atoms with Gasteiger partial charge in [0.15, 0.2) is 0 Å². The van der Waals surface area contributed by atoms with Crippen molar-refractivity contribution in [2.24, 2.45) is 23.7 Å². The van der Waals surface area contributed by atoms with Gasteiger partial charge in [0.25, 0.3) is 0 Å². The molecule has 20 heavy (non-hydrogen) atoms. The fourth-order valence-electron chi connectivity index (χ4n) is 2.92. The minimum atomic E-state index is -4.05. The number of hydrogen-bond acceptors (Lipinski definition) is 2. The SMILES string of the molecule is C#C[C@H]1CC[C@H]([C@H]2SC[C@H](C(C)C(F)(F)F)CS2)CC1. The molecule has 1 aliphatic heterocycles. The van der Waals surface area contributed by atoms with E-state index in [4.69, 9.17) is 6.42 Å². The first-order valence-corrected chi connectivity index (χ1v) is 9.27. The Labute approximate surface area is 128 Å². The maximum absolute atomic E-state index is 12.7. The number of terminal acetylenes is 1. The molecule has 0 nitrogen and oxygen atoms in total. The van der Waals surface area contributed by atoms with Crippen LogP contribution >= 0.6 is 23.5 Å². The highest BCUT2D eigenvalue weighted by Crippen LogP contribution is 2.47. The van der Waals surface area contributed by atoms with Gasteiger partial charge in [-0.15, -0.1) is 35.9 Å². The summed E-state index contributed by atoms with van der Waals surface area (Å²) in [6.45, 7) is 1.32. The molecule has 2 rings (SSSR count). The van der Waals surface area contributed by atoms with Crippen LogP contribution in [-0.2, 0) is 0 Å². The van der Waals surface area contributed by atoms with Crippen molar-refractivity contribution in [2.75, 3.05) is 11.5 Å². The fraction of sp³-hybridized carbons (Fsp3) is 0.867. The van der Waals surface area contributed by atoms with Gasteiger partial charge in [0.1, 0.15) is 0 Å². The summed E-state index contributed by atoms with van der Waals surface area (Å²) in [5.41, 5.74) is 0. The Hall–Kier alpha value is 0.0500. The van der Waals surface area contributed by atoms with Crippen molar-refractivity contribution in [1.82, 2.24) is 0 Å². The molecule has 1 saturated carbocycles. The van der Waals surface area contributed by atoms with E-state index < -0.39 is 12.1 Å². The summed E-state index contributed by atoms with van der Waals surface area (Å²) in [4.78, 5) is 0. The Bertz CT molecular complexity index is 345. The van der Waals surface area contributed by atoms with Gasteiger partial charge in [-0.2, -0.15) is 13.2 Å². The third-order valence-electron chi connectivity index (χ3n) is 4.56. The number of rotatable bonds is 2. The molecule has 0 spiro atoms. The zero-order valence-electron chi connectivity index (χ0n) is 11.7. The number of halogens is 3. The standard InChI is InChI=1S/C15H21F3S2/c1-3-11-4-6-12(7-5-11)14-19-8-13(9-20-14)10(2)15(16,17)18/h1,10-14H,4-9H2,2H3/t10?,11-,12-,13-,14-. The second-order valence-corrected chi connectivity index (χ2v) is 8.55. The van der Waals surface area contributed by atoms with Gasteiger partial charge in [0.2, 0.25) is 0 Å². The highest BCUT2D eigenvalue weighted by molar-refractivity contribution is 8.17. The first-order valence-electron chi connectivity index (χ1n) is 7.18. The summed E-state index contributed by atoms with van der Waals surface area (Å²) in [7, 11) is 0. The maximum atomic E-state index is 12.7. The van der Waals surface area contributed by atoms with E-state index in [-0.39, 0.29) is 5.92 Å². The van der Waals surface area contributed by atoms with Crippen LogP contribution in [0.3, 0.4) is 0 Å². The summed E-state index contributed by atoms with van der Waals surface area (Å²) >= 11 is 3.48. The number of alkyl halides is 3. The molecule has 1 heterocycles. The summed E-state index contributed by atoms with van der Waals surface area (Å²) in [5, 5.41) is 0. The van der Waals surface area contributed by atoms with Crippen LogP contribution < -0.4 is 0 Å². The minimum absolute atomic E-state index is 0.233. The van der Waals surface area contributed by atoms with Crippen LogP contribution in [0.2, 0.25) is 0 Å². The normalized spacial score (nSPS) is 37.1. The van der Waals surface area contributed by atoms with E-state index in [1.165, 1.54) is 6.92 Å². The number of hydrogen-bond donors (Lipinski definition) is 0. The smallest absolute Gasteiger partial charge is 0.171 e.